The molecule has 3 nitrogen and oxygen atoms in total. The van der Waals surface area contributed by atoms with Crippen molar-refractivity contribution in [2.24, 2.45) is 5.73 Å². The summed E-state index contributed by atoms with van der Waals surface area (Å²) in [7, 11) is 0. The molecule has 3 heteroatoms. The second-order valence-corrected chi connectivity index (χ2v) is 3.66. The van der Waals surface area contributed by atoms with Crippen molar-refractivity contribution >= 4 is 0 Å². The first-order valence-electron chi connectivity index (χ1n) is 5.55. The molecule has 0 radical (unpaired) electrons. The van der Waals surface area contributed by atoms with Crippen molar-refractivity contribution in [2.75, 3.05) is 13.2 Å². The van der Waals surface area contributed by atoms with E-state index in [9.17, 15) is 0 Å². The fourth-order valence-electron chi connectivity index (χ4n) is 1.52. The molecule has 0 saturated heterocycles. The predicted molar refractivity (Wildman–Crippen MR) is 61.6 cm³/mol. The van der Waals surface area contributed by atoms with E-state index in [1.54, 1.807) is 0 Å². The number of pyridine rings is 1. The van der Waals surface area contributed by atoms with Gasteiger partial charge in [-0.2, -0.15) is 0 Å². The highest BCUT2D eigenvalue weighted by Crippen LogP contribution is 2.04. The molecule has 1 aromatic heterocycles. The molecule has 0 aromatic carbocycles. The number of rotatable bonds is 7. The smallest absolute Gasteiger partial charge is 0.0466 e. The van der Waals surface area contributed by atoms with Gasteiger partial charge in [0.05, 0.1) is 0 Å². The van der Waals surface area contributed by atoms with Gasteiger partial charge in [-0.05, 0) is 43.9 Å². The van der Waals surface area contributed by atoms with Gasteiger partial charge in [0.15, 0.2) is 0 Å². The molecule has 1 aromatic rings. The van der Waals surface area contributed by atoms with E-state index in [1.165, 1.54) is 5.56 Å². The lowest BCUT2D eigenvalue weighted by atomic mass is 10.0. The van der Waals surface area contributed by atoms with Crippen molar-refractivity contribution in [1.29, 1.82) is 0 Å². The van der Waals surface area contributed by atoms with Gasteiger partial charge in [-0.25, -0.2) is 0 Å². The Kier molecular flexibility index (Phi) is 5.97. The average molecular weight is 208 g/mol. The van der Waals surface area contributed by atoms with Gasteiger partial charge in [0.25, 0.3) is 0 Å². The fourth-order valence-corrected chi connectivity index (χ4v) is 1.52. The van der Waals surface area contributed by atoms with E-state index in [0.29, 0.717) is 0 Å². The van der Waals surface area contributed by atoms with Crippen LogP contribution >= 0.6 is 0 Å². The van der Waals surface area contributed by atoms with Gasteiger partial charge in [-0.1, -0.05) is 0 Å². The predicted octanol–water partition coefficient (Wildman–Crippen LogP) is 1.77. The lowest BCUT2D eigenvalue weighted by Gasteiger charge is -2.11. The van der Waals surface area contributed by atoms with Gasteiger partial charge in [0, 0.05) is 31.6 Å². The molecule has 2 N–H and O–H groups in total. The molecule has 1 heterocycles. The minimum absolute atomic E-state index is 0.229. The molecule has 0 amide bonds. The zero-order valence-corrected chi connectivity index (χ0v) is 9.36. The van der Waals surface area contributed by atoms with Gasteiger partial charge in [0.1, 0.15) is 0 Å². The quantitative estimate of drug-likeness (QED) is 0.695. The number of nitrogens with zero attached hydrogens (tertiary/aromatic N) is 1. The summed E-state index contributed by atoms with van der Waals surface area (Å²) in [4.78, 5) is 3.98. The van der Waals surface area contributed by atoms with Gasteiger partial charge in [0.2, 0.25) is 0 Å². The molecule has 1 atom stereocenters. The van der Waals surface area contributed by atoms with Gasteiger partial charge < -0.3 is 10.5 Å². The first kappa shape index (κ1) is 12.1. The van der Waals surface area contributed by atoms with Crippen LogP contribution in [0.15, 0.2) is 24.5 Å². The van der Waals surface area contributed by atoms with E-state index in [0.717, 1.165) is 32.5 Å². The Morgan fingerprint density at radius 2 is 2.13 bits per heavy atom. The summed E-state index contributed by atoms with van der Waals surface area (Å²) in [6.07, 6.45) is 6.60. The molecule has 1 unspecified atom stereocenters. The number of hydrogen-bond donors (Lipinski definition) is 1. The molecule has 1 rings (SSSR count). The maximum atomic E-state index is 6.01. The molecular weight excluding hydrogens is 188 g/mol. The summed E-state index contributed by atoms with van der Waals surface area (Å²) in [5, 5.41) is 0. The molecule has 84 valence electrons. The van der Waals surface area contributed by atoms with Crippen molar-refractivity contribution in [3.05, 3.63) is 30.1 Å². The van der Waals surface area contributed by atoms with Crippen LogP contribution in [0.5, 0.6) is 0 Å². The van der Waals surface area contributed by atoms with Gasteiger partial charge in [-0.3, -0.25) is 4.98 Å². The number of nitrogens with two attached hydrogens (primary N) is 1. The summed E-state index contributed by atoms with van der Waals surface area (Å²) >= 11 is 0. The highest BCUT2D eigenvalue weighted by Gasteiger charge is 2.03. The van der Waals surface area contributed by atoms with E-state index >= 15 is 0 Å². The molecule has 0 spiro atoms. The zero-order valence-electron chi connectivity index (χ0n) is 9.36. The molecule has 0 aliphatic rings. The van der Waals surface area contributed by atoms with Crippen molar-refractivity contribution in [3.63, 3.8) is 0 Å². The average Bonchev–Trinajstić information content (AvgIpc) is 2.26. The normalized spacial score (nSPS) is 12.7. The summed E-state index contributed by atoms with van der Waals surface area (Å²) in [5.41, 5.74) is 7.27. The Morgan fingerprint density at radius 3 is 2.80 bits per heavy atom. The Bertz CT molecular complexity index is 251. The Balaban J connectivity index is 2.16. The highest BCUT2D eigenvalue weighted by atomic mass is 16.5. The molecule has 0 aliphatic heterocycles. The largest absolute Gasteiger partial charge is 0.382 e. The first-order chi connectivity index (χ1) is 7.33. The van der Waals surface area contributed by atoms with Crippen molar-refractivity contribution in [3.8, 4) is 0 Å². The number of ether oxygens (including phenoxy) is 1. The second kappa shape index (κ2) is 7.37. The molecule has 15 heavy (non-hydrogen) atoms. The van der Waals surface area contributed by atoms with Crippen LogP contribution in [0.3, 0.4) is 0 Å². The van der Waals surface area contributed by atoms with Gasteiger partial charge >= 0.3 is 0 Å². The third-order valence-corrected chi connectivity index (χ3v) is 2.31. The van der Waals surface area contributed by atoms with E-state index in [-0.39, 0.29) is 6.04 Å². The van der Waals surface area contributed by atoms with Crippen LogP contribution in [0.1, 0.15) is 25.3 Å². The summed E-state index contributed by atoms with van der Waals surface area (Å²) in [5.74, 6) is 0. The van der Waals surface area contributed by atoms with Crippen molar-refractivity contribution in [2.45, 2.75) is 32.2 Å². The van der Waals surface area contributed by atoms with Crippen LogP contribution in [-0.2, 0) is 11.2 Å². The Hall–Kier alpha value is -0.930. The first-order valence-corrected chi connectivity index (χ1v) is 5.55. The van der Waals surface area contributed by atoms with Crippen LogP contribution in [0.4, 0.5) is 0 Å². The molecule has 0 aliphatic carbocycles. The van der Waals surface area contributed by atoms with Gasteiger partial charge in [-0.15, -0.1) is 0 Å². The number of hydrogen-bond acceptors (Lipinski definition) is 3. The van der Waals surface area contributed by atoms with Crippen LogP contribution in [0.2, 0.25) is 0 Å². The Labute approximate surface area is 91.7 Å². The van der Waals surface area contributed by atoms with Crippen molar-refractivity contribution < 1.29 is 4.74 Å². The summed E-state index contributed by atoms with van der Waals surface area (Å²) in [6.45, 7) is 3.62. The maximum absolute atomic E-state index is 6.01. The minimum atomic E-state index is 0.229. The lowest BCUT2D eigenvalue weighted by molar-refractivity contribution is 0.142. The van der Waals surface area contributed by atoms with Crippen LogP contribution in [-0.4, -0.2) is 24.2 Å². The lowest BCUT2D eigenvalue weighted by Crippen LogP contribution is -2.23. The zero-order chi connectivity index (χ0) is 10.9. The number of aromatic nitrogens is 1. The van der Waals surface area contributed by atoms with E-state index in [1.807, 2.05) is 31.5 Å². The highest BCUT2D eigenvalue weighted by molar-refractivity contribution is 5.10. The summed E-state index contributed by atoms with van der Waals surface area (Å²) in [6, 6.07) is 4.26. The summed E-state index contributed by atoms with van der Waals surface area (Å²) < 4.78 is 5.27. The molecule has 0 saturated carbocycles. The monoisotopic (exact) mass is 208 g/mol. The van der Waals surface area contributed by atoms with Crippen LogP contribution < -0.4 is 5.73 Å². The van der Waals surface area contributed by atoms with Crippen LogP contribution in [0.25, 0.3) is 0 Å². The fraction of sp³-hybridized carbons (Fsp3) is 0.583. The minimum Gasteiger partial charge on any atom is -0.382 e. The van der Waals surface area contributed by atoms with E-state index < -0.39 is 0 Å². The maximum Gasteiger partial charge on any atom is 0.0466 e. The molecule has 0 bridgehead atoms. The molecular formula is C12H20N2O. The Morgan fingerprint density at radius 1 is 1.40 bits per heavy atom. The molecule has 0 fully saturated rings. The van der Waals surface area contributed by atoms with E-state index in [4.69, 9.17) is 10.5 Å². The topological polar surface area (TPSA) is 48.1 Å². The van der Waals surface area contributed by atoms with Crippen LogP contribution in [0, 0.1) is 0 Å². The third-order valence-electron chi connectivity index (χ3n) is 2.31. The second-order valence-electron chi connectivity index (χ2n) is 3.66. The SMILES string of the molecule is CCOCCCC(N)Cc1ccncc1. The van der Waals surface area contributed by atoms with Crippen molar-refractivity contribution in [1.82, 2.24) is 4.98 Å². The van der Waals surface area contributed by atoms with E-state index in [2.05, 4.69) is 4.98 Å². The standard InChI is InChI=1S/C12H20N2O/c1-2-15-9-3-4-12(13)10-11-5-7-14-8-6-11/h5-8,12H,2-4,9-10,13H2,1H3. The third kappa shape index (κ3) is 5.50.